The van der Waals surface area contributed by atoms with E-state index in [0.29, 0.717) is 5.92 Å². The number of hydrogen-bond donors (Lipinski definition) is 0. The van der Waals surface area contributed by atoms with Crippen LogP contribution in [-0.2, 0) is 5.41 Å². The minimum atomic E-state index is 0.282. The normalized spacial score (nSPS) is 14.2. The molecule has 2 rings (SSSR count). The Hall–Kier alpha value is -1.56. The van der Waals surface area contributed by atoms with E-state index in [1.54, 1.807) is 0 Å². The fourth-order valence-electron chi connectivity index (χ4n) is 2.96. The molecule has 1 atom stereocenters. The van der Waals surface area contributed by atoms with Crippen molar-refractivity contribution in [3.05, 3.63) is 60.2 Å². The van der Waals surface area contributed by atoms with Crippen molar-refractivity contribution in [2.45, 2.75) is 46.0 Å². The van der Waals surface area contributed by atoms with Crippen LogP contribution in [0.25, 0.3) is 11.1 Å². The van der Waals surface area contributed by atoms with Crippen LogP contribution in [0.2, 0.25) is 0 Å². The first-order chi connectivity index (χ1) is 9.58. The summed E-state index contributed by atoms with van der Waals surface area (Å²) in [6.45, 7) is 9.35. The van der Waals surface area contributed by atoms with Crippen LogP contribution in [0.3, 0.4) is 0 Å². The first-order valence-corrected chi connectivity index (χ1v) is 7.74. The quantitative estimate of drug-likeness (QED) is 0.616. The van der Waals surface area contributed by atoms with Gasteiger partial charge >= 0.3 is 0 Å². The van der Waals surface area contributed by atoms with Crippen LogP contribution < -0.4 is 0 Å². The molecular weight excluding hydrogens is 240 g/mol. The Morgan fingerprint density at radius 1 is 0.850 bits per heavy atom. The Labute approximate surface area is 123 Å². The van der Waals surface area contributed by atoms with Crippen LogP contribution in [0.15, 0.2) is 54.6 Å². The van der Waals surface area contributed by atoms with Crippen LogP contribution in [0, 0.1) is 5.92 Å². The summed E-state index contributed by atoms with van der Waals surface area (Å²) < 4.78 is 0. The monoisotopic (exact) mass is 266 g/mol. The summed E-state index contributed by atoms with van der Waals surface area (Å²) in [5.74, 6) is 0.657. The van der Waals surface area contributed by atoms with E-state index in [4.69, 9.17) is 0 Å². The second-order valence-corrected chi connectivity index (χ2v) is 6.27. The molecule has 0 heteroatoms. The van der Waals surface area contributed by atoms with E-state index in [-0.39, 0.29) is 5.41 Å². The van der Waals surface area contributed by atoms with Gasteiger partial charge in [-0.25, -0.2) is 0 Å². The van der Waals surface area contributed by atoms with Crippen molar-refractivity contribution in [3.8, 4) is 11.1 Å². The molecule has 0 N–H and O–H groups in total. The Kier molecular flexibility index (Phi) is 4.65. The molecule has 0 heterocycles. The highest BCUT2D eigenvalue weighted by Crippen LogP contribution is 2.37. The van der Waals surface area contributed by atoms with Gasteiger partial charge in [0.05, 0.1) is 0 Å². The summed E-state index contributed by atoms with van der Waals surface area (Å²) in [5, 5.41) is 0. The van der Waals surface area contributed by atoms with Crippen LogP contribution in [0.5, 0.6) is 0 Å². The fourth-order valence-corrected chi connectivity index (χ4v) is 2.96. The molecular formula is C20H26. The second-order valence-electron chi connectivity index (χ2n) is 6.27. The molecule has 0 aliphatic carbocycles. The van der Waals surface area contributed by atoms with Crippen LogP contribution in [0.4, 0.5) is 0 Å². The number of hydrogen-bond acceptors (Lipinski definition) is 0. The SMILES string of the molecule is CCCC(C)(c1ccc(-c2ccccc2)cc1)C(C)C. The standard InChI is InChI=1S/C20H26/c1-5-15-20(4,16(2)3)19-13-11-18(12-14-19)17-9-7-6-8-10-17/h6-14,16H,5,15H2,1-4H3. The van der Waals surface area contributed by atoms with Gasteiger partial charge in [-0.05, 0) is 34.4 Å². The van der Waals surface area contributed by atoms with Crippen LogP contribution >= 0.6 is 0 Å². The molecule has 0 bridgehead atoms. The lowest BCUT2D eigenvalue weighted by Gasteiger charge is -2.34. The van der Waals surface area contributed by atoms with E-state index in [0.717, 1.165) is 0 Å². The summed E-state index contributed by atoms with van der Waals surface area (Å²) >= 11 is 0. The molecule has 2 aromatic carbocycles. The van der Waals surface area contributed by atoms with Gasteiger partial charge in [-0.2, -0.15) is 0 Å². The van der Waals surface area contributed by atoms with Gasteiger partial charge in [-0.15, -0.1) is 0 Å². The maximum atomic E-state index is 2.40. The van der Waals surface area contributed by atoms with Gasteiger partial charge in [0, 0.05) is 0 Å². The van der Waals surface area contributed by atoms with Gasteiger partial charge in [0.2, 0.25) is 0 Å². The van der Waals surface area contributed by atoms with Gasteiger partial charge in [-0.3, -0.25) is 0 Å². The fraction of sp³-hybridized carbons (Fsp3) is 0.400. The zero-order valence-corrected chi connectivity index (χ0v) is 13.2. The molecule has 0 spiro atoms. The zero-order chi connectivity index (χ0) is 14.6. The van der Waals surface area contributed by atoms with Gasteiger partial charge in [0.15, 0.2) is 0 Å². The van der Waals surface area contributed by atoms with Crippen molar-refractivity contribution in [2.75, 3.05) is 0 Å². The molecule has 106 valence electrons. The molecule has 0 aromatic heterocycles. The van der Waals surface area contributed by atoms with Crippen molar-refractivity contribution in [1.29, 1.82) is 0 Å². The largest absolute Gasteiger partial charge is 0.0654 e. The van der Waals surface area contributed by atoms with E-state index in [9.17, 15) is 0 Å². The van der Waals surface area contributed by atoms with Gasteiger partial charge < -0.3 is 0 Å². The maximum Gasteiger partial charge on any atom is -0.00524 e. The molecule has 0 saturated carbocycles. The van der Waals surface area contributed by atoms with E-state index < -0.39 is 0 Å². The molecule has 0 radical (unpaired) electrons. The summed E-state index contributed by atoms with van der Waals surface area (Å²) in [7, 11) is 0. The van der Waals surface area contributed by atoms with E-state index >= 15 is 0 Å². The van der Waals surface area contributed by atoms with Gasteiger partial charge in [0.1, 0.15) is 0 Å². The third-order valence-electron chi connectivity index (χ3n) is 4.70. The smallest absolute Gasteiger partial charge is 0.00524 e. The summed E-state index contributed by atoms with van der Waals surface area (Å²) in [6.07, 6.45) is 2.48. The molecule has 20 heavy (non-hydrogen) atoms. The minimum Gasteiger partial charge on any atom is -0.0654 e. The minimum absolute atomic E-state index is 0.282. The predicted octanol–water partition coefficient (Wildman–Crippen LogP) is 6.07. The predicted molar refractivity (Wildman–Crippen MR) is 89.0 cm³/mol. The molecule has 0 amide bonds. The number of benzene rings is 2. The molecule has 2 aromatic rings. The first-order valence-electron chi connectivity index (χ1n) is 7.74. The molecule has 1 unspecified atom stereocenters. The second kappa shape index (κ2) is 6.26. The molecule has 0 saturated heterocycles. The van der Waals surface area contributed by atoms with Gasteiger partial charge in [-0.1, -0.05) is 88.7 Å². The van der Waals surface area contributed by atoms with Crippen molar-refractivity contribution >= 4 is 0 Å². The molecule has 0 fully saturated rings. The molecule has 0 aliphatic heterocycles. The average molecular weight is 266 g/mol. The van der Waals surface area contributed by atoms with Gasteiger partial charge in [0.25, 0.3) is 0 Å². The molecule has 0 nitrogen and oxygen atoms in total. The molecule has 0 aliphatic rings. The van der Waals surface area contributed by atoms with E-state index in [1.807, 2.05) is 0 Å². The zero-order valence-electron chi connectivity index (χ0n) is 13.2. The summed E-state index contributed by atoms with van der Waals surface area (Å²) in [5.41, 5.74) is 4.34. The van der Waals surface area contributed by atoms with Crippen molar-refractivity contribution in [3.63, 3.8) is 0 Å². The third kappa shape index (κ3) is 2.95. The third-order valence-corrected chi connectivity index (χ3v) is 4.70. The Bertz CT molecular complexity index is 522. The Balaban J connectivity index is 2.32. The van der Waals surface area contributed by atoms with Crippen molar-refractivity contribution in [1.82, 2.24) is 0 Å². The van der Waals surface area contributed by atoms with E-state index in [1.165, 1.54) is 29.5 Å². The van der Waals surface area contributed by atoms with Crippen molar-refractivity contribution < 1.29 is 0 Å². The van der Waals surface area contributed by atoms with Crippen LogP contribution in [0.1, 0.15) is 46.1 Å². The first kappa shape index (κ1) is 14.8. The summed E-state index contributed by atoms with van der Waals surface area (Å²) in [4.78, 5) is 0. The Morgan fingerprint density at radius 2 is 1.40 bits per heavy atom. The average Bonchev–Trinajstić information content (AvgIpc) is 2.48. The highest BCUT2D eigenvalue weighted by Gasteiger charge is 2.29. The van der Waals surface area contributed by atoms with Crippen LogP contribution in [-0.4, -0.2) is 0 Å². The topological polar surface area (TPSA) is 0 Å². The lowest BCUT2D eigenvalue weighted by molar-refractivity contribution is 0.311. The Morgan fingerprint density at radius 3 is 1.90 bits per heavy atom. The number of rotatable bonds is 5. The highest BCUT2D eigenvalue weighted by molar-refractivity contribution is 5.63. The van der Waals surface area contributed by atoms with E-state index in [2.05, 4.69) is 82.3 Å². The lowest BCUT2D eigenvalue weighted by Crippen LogP contribution is -2.28. The maximum absolute atomic E-state index is 2.40. The van der Waals surface area contributed by atoms with Crippen molar-refractivity contribution in [2.24, 2.45) is 5.92 Å². The lowest BCUT2D eigenvalue weighted by atomic mass is 9.70. The highest BCUT2D eigenvalue weighted by atomic mass is 14.3. The summed E-state index contributed by atoms with van der Waals surface area (Å²) in [6, 6.07) is 19.8.